The lowest BCUT2D eigenvalue weighted by Gasteiger charge is -2.17. The van der Waals surface area contributed by atoms with Gasteiger partial charge in [0.25, 0.3) is 0 Å². The summed E-state index contributed by atoms with van der Waals surface area (Å²) in [5.74, 6) is -0.920. The molecule has 0 fully saturated rings. The van der Waals surface area contributed by atoms with Crippen molar-refractivity contribution in [2.45, 2.75) is 40.1 Å². The first-order valence-corrected chi connectivity index (χ1v) is 7.38. The molecule has 0 aromatic heterocycles. The van der Waals surface area contributed by atoms with Crippen LogP contribution < -0.4 is 15.4 Å². The van der Waals surface area contributed by atoms with E-state index in [1.54, 1.807) is 26.8 Å². The topological polar surface area (TPSA) is 67.4 Å². The third-order valence-electron chi connectivity index (χ3n) is 2.99. The van der Waals surface area contributed by atoms with E-state index < -0.39 is 11.8 Å². The number of carbonyl (C=O) groups is 2. The summed E-state index contributed by atoms with van der Waals surface area (Å²) in [6, 6.07) is 5.57. The number of halogens is 3. The lowest BCUT2D eigenvalue weighted by Crippen LogP contribution is -2.37. The summed E-state index contributed by atoms with van der Waals surface area (Å²) in [6.07, 6.45) is -4.76. The van der Waals surface area contributed by atoms with Crippen LogP contribution in [0.3, 0.4) is 0 Å². The van der Waals surface area contributed by atoms with Crippen molar-refractivity contribution in [2.75, 3.05) is 6.54 Å². The lowest BCUT2D eigenvalue weighted by molar-refractivity contribution is -0.274. The first kappa shape index (κ1) is 19.8. The Morgan fingerprint density at radius 2 is 1.71 bits per heavy atom. The molecule has 0 aliphatic rings. The zero-order valence-corrected chi connectivity index (χ0v) is 13.8. The molecule has 0 aliphatic heterocycles. The van der Waals surface area contributed by atoms with Crippen LogP contribution in [0.2, 0.25) is 0 Å². The molecular weight excluding hydrogens is 325 g/mol. The third kappa shape index (κ3) is 7.34. The number of para-hydroxylation sites is 1. The van der Waals surface area contributed by atoms with Crippen molar-refractivity contribution >= 4 is 11.8 Å². The number of hydrogen-bond acceptors (Lipinski definition) is 3. The Balaban J connectivity index is 2.47. The van der Waals surface area contributed by atoms with E-state index in [9.17, 15) is 22.8 Å². The zero-order chi connectivity index (χ0) is 18.4. The SMILES string of the molecule is CC(C)(C)C(=O)NCCC(=O)NCc1ccccc1OC(F)(F)F. The van der Waals surface area contributed by atoms with Crippen molar-refractivity contribution in [2.24, 2.45) is 5.41 Å². The molecule has 5 nitrogen and oxygen atoms in total. The number of rotatable bonds is 6. The molecule has 0 bridgehead atoms. The normalized spacial score (nSPS) is 11.8. The number of amides is 2. The summed E-state index contributed by atoms with van der Waals surface area (Å²) < 4.78 is 40.8. The monoisotopic (exact) mass is 346 g/mol. The van der Waals surface area contributed by atoms with E-state index in [0.717, 1.165) is 0 Å². The molecule has 134 valence electrons. The van der Waals surface area contributed by atoms with E-state index in [-0.39, 0.29) is 42.6 Å². The summed E-state index contributed by atoms with van der Waals surface area (Å²) >= 11 is 0. The minimum atomic E-state index is -4.79. The first-order chi connectivity index (χ1) is 11.0. The third-order valence-corrected chi connectivity index (χ3v) is 2.99. The predicted octanol–water partition coefficient (Wildman–Crippen LogP) is 2.75. The highest BCUT2D eigenvalue weighted by molar-refractivity contribution is 5.82. The summed E-state index contributed by atoms with van der Waals surface area (Å²) in [4.78, 5) is 23.4. The molecule has 0 unspecified atom stereocenters. The van der Waals surface area contributed by atoms with Crippen molar-refractivity contribution in [3.8, 4) is 5.75 Å². The number of carbonyl (C=O) groups excluding carboxylic acids is 2. The molecule has 0 saturated carbocycles. The van der Waals surface area contributed by atoms with Gasteiger partial charge in [-0.25, -0.2) is 0 Å². The van der Waals surface area contributed by atoms with Crippen LogP contribution >= 0.6 is 0 Å². The van der Waals surface area contributed by atoms with Crippen LogP contribution in [0, 0.1) is 5.41 Å². The summed E-state index contributed by atoms with van der Waals surface area (Å²) in [6.45, 7) is 5.31. The number of nitrogens with one attached hydrogen (secondary N) is 2. The highest BCUT2D eigenvalue weighted by Gasteiger charge is 2.32. The zero-order valence-electron chi connectivity index (χ0n) is 13.8. The van der Waals surface area contributed by atoms with Gasteiger partial charge in [0.15, 0.2) is 0 Å². The molecule has 2 N–H and O–H groups in total. The molecule has 0 heterocycles. The standard InChI is InChI=1S/C16H21F3N2O3/c1-15(2,3)14(23)20-9-8-13(22)21-10-11-6-4-5-7-12(11)24-16(17,18)19/h4-7H,8-10H2,1-3H3,(H,20,23)(H,21,22). The lowest BCUT2D eigenvalue weighted by atomic mass is 9.96. The molecule has 1 rings (SSSR count). The van der Waals surface area contributed by atoms with E-state index in [2.05, 4.69) is 15.4 Å². The van der Waals surface area contributed by atoms with Gasteiger partial charge >= 0.3 is 6.36 Å². The van der Waals surface area contributed by atoms with E-state index in [4.69, 9.17) is 0 Å². The van der Waals surface area contributed by atoms with Gasteiger partial charge in [0.05, 0.1) is 0 Å². The Morgan fingerprint density at radius 3 is 2.29 bits per heavy atom. The number of hydrogen-bond donors (Lipinski definition) is 2. The van der Waals surface area contributed by atoms with Gasteiger partial charge in [0.2, 0.25) is 11.8 Å². The van der Waals surface area contributed by atoms with Gasteiger partial charge in [0.1, 0.15) is 5.75 Å². The van der Waals surface area contributed by atoms with Crippen LogP contribution in [-0.4, -0.2) is 24.7 Å². The van der Waals surface area contributed by atoms with Crippen molar-refractivity contribution in [3.63, 3.8) is 0 Å². The van der Waals surface area contributed by atoms with Crippen LogP contribution in [0.5, 0.6) is 5.75 Å². The minimum absolute atomic E-state index is 0.0319. The number of alkyl halides is 3. The van der Waals surface area contributed by atoms with Gasteiger partial charge in [-0.05, 0) is 6.07 Å². The fraction of sp³-hybridized carbons (Fsp3) is 0.500. The maximum Gasteiger partial charge on any atom is 0.573 e. The summed E-state index contributed by atoms with van der Waals surface area (Å²) in [5.41, 5.74) is -0.341. The molecule has 8 heteroatoms. The summed E-state index contributed by atoms with van der Waals surface area (Å²) in [5, 5.41) is 5.12. The second-order valence-electron chi connectivity index (χ2n) is 6.19. The van der Waals surface area contributed by atoms with Crippen molar-refractivity contribution in [1.82, 2.24) is 10.6 Å². The second kappa shape index (κ2) is 8.03. The average Bonchev–Trinajstić information content (AvgIpc) is 2.43. The smallest absolute Gasteiger partial charge is 0.405 e. The highest BCUT2D eigenvalue weighted by atomic mass is 19.4. The van der Waals surface area contributed by atoms with Crippen LogP contribution in [0.4, 0.5) is 13.2 Å². The molecule has 0 aliphatic carbocycles. The molecule has 1 aromatic rings. The van der Waals surface area contributed by atoms with E-state index in [1.165, 1.54) is 18.2 Å². The maximum absolute atomic E-state index is 12.3. The first-order valence-electron chi connectivity index (χ1n) is 7.38. The molecule has 2 amide bonds. The van der Waals surface area contributed by atoms with Crippen LogP contribution in [0.25, 0.3) is 0 Å². The van der Waals surface area contributed by atoms with Crippen LogP contribution in [0.1, 0.15) is 32.8 Å². The fourth-order valence-corrected chi connectivity index (χ4v) is 1.71. The van der Waals surface area contributed by atoms with Gasteiger partial charge in [-0.1, -0.05) is 39.0 Å². The van der Waals surface area contributed by atoms with Gasteiger partial charge in [-0.3, -0.25) is 9.59 Å². The molecule has 0 saturated heterocycles. The van der Waals surface area contributed by atoms with Gasteiger partial charge in [0, 0.05) is 30.5 Å². The molecule has 0 spiro atoms. The Labute approximate surface area is 138 Å². The Bertz CT molecular complexity index is 581. The Hall–Kier alpha value is -2.25. The summed E-state index contributed by atoms with van der Waals surface area (Å²) in [7, 11) is 0. The Kier molecular flexibility index (Phi) is 6.62. The van der Waals surface area contributed by atoms with Crippen molar-refractivity contribution in [3.05, 3.63) is 29.8 Å². The number of ether oxygens (including phenoxy) is 1. The molecule has 24 heavy (non-hydrogen) atoms. The van der Waals surface area contributed by atoms with E-state index >= 15 is 0 Å². The molecule has 0 radical (unpaired) electrons. The van der Waals surface area contributed by atoms with Crippen LogP contribution in [0.15, 0.2) is 24.3 Å². The fourth-order valence-electron chi connectivity index (χ4n) is 1.71. The van der Waals surface area contributed by atoms with E-state index in [0.29, 0.717) is 0 Å². The minimum Gasteiger partial charge on any atom is -0.405 e. The van der Waals surface area contributed by atoms with Gasteiger partial charge < -0.3 is 15.4 Å². The van der Waals surface area contributed by atoms with Gasteiger partial charge in [-0.2, -0.15) is 0 Å². The molecule has 0 atom stereocenters. The maximum atomic E-state index is 12.3. The Morgan fingerprint density at radius 1 is 1.08 bits per heavy atom. The number of benzene rings is 1. The highest BCUT2D eigenvalue weighted by Crippen LogP contribution is 2.26. The molecular formula is C16H21F3N2O3. The largest absolute Gasteiger partial charge is 0.573 e. The van der Waals surface area contributed by atoms with Crippen molar-refractivity contribution in [1.29, 1.82) is 0 Å². The van der Waals surface area contributed by atoms with Gasteiger partial charge in [-0.15, -0.1) is 13.2 Å². The van der Waals surface area contributed by atoms with Crippen molar-refractivity contribution < 1.29 is 27.5 Å². The second-order valence-corrected chi connectivity index (χ2v) is 6.19. The average molecular weight is 346 g/mol. The van der Waals surface area contributed by atoms with E-state index in [1.807, 2.05) is 0 Å². The predicted molar refractivity (Wildman–Crippen MR) is 82.1 cm³/mol. The quantitative estimate of drug-likeness (QED) is 0.832. The van der Waals surface area contributed by atoms with Crippen LogP contribution in [-0.2, 0) is 16.1 Å². The molecule has 1 aromatic carbocycles.